The standard InChI is InChI=1S/C12H13ClF5NS/c13-10-4-1-3-9(7-10)8-19-5-2-6-20-12(17,18)11(14,15)16/h1,3-4,7,19H,2,5-6,8H2. The number of hydrogen-bond donors (Lipinski definition) is 1. The van der Waals surface area contributed by atoms with E-state index in [-0.39, 0.29) is 23.9 Å². The summed E-state index contributed by atoms with van der Waals surface area (Å²) >= 11 is 5.39. The van der Waals surface area contributed by atoms with Gasteiger partial charge in [0.15, 0.2) is 0 Å². The molecule has 0 unspecified atom stereocenters. The molecule has 0 saturated carbocycles. The van der Waals surface area contributed by atoms with Crippen LogP contribution in [0.15, 0.2) is 24.3 Å². The highest BCUT2D eigenvalue weighted by atomic mass is 35.5. The molecule has 0 bridgehead atoms. The molecule has 0 aliphatic heterocycles. The Labute approximate surface area is 122 Å². The number of alkyl halides is 5. The highest BCUT2D eigenvalue weighted by Gasteiger charge is 2.57. The van der Waals surface area contributed by atoms with Crippen LogP contribution in [0.1, 0.15) is 12.0 Å². The Bertz CT molecular complexity index is 425. The summed E-state index contributed by atoms with van der Waals surface area (Å²) < 4.78 is 60.7. The maximum atomic E-state index is 12.6. The molecule has 1 N–H and O–H groups in total. The van der Waals surface area contributed by atoms with E-state index in [1.54, 1.807) is 18.2 Å². The fourth-order valence-corrected chi connectivity index (χ4v) is 2.28. The molecule has 0 amide bonds. The molecule has 1 rings (SSSR count). The van der Waals surface area contributed by atoms with Crippen LogP contribution in [0.5, 0.6) is 0 Å². The van der Waals surface area contributed by atoms with E-state index in [9.17, 15) is 22.0 Å². The zero-order chi connectivity index (χ0) is 15.2. The first-order chi connectivity index (χ1) is 9.22. The SMILES string of the molecule is FC(F)(F)C(F)(F)SCCCNCc1cccc(Cl)c1. The Kier molecular flexibility index (Phi) is 6.54. The number of hydrogen-bond acceptors (Lipinski definition) is 2. The molecule has 1 aromatic rings. The molecule has 114 valence electrons. The zero-order valence-electron chi connectivity index (χ0n) is 10.3. The molecule has 20 heavy (non-hydrogen) atoms. The molecule has 1 nitrogen and oxygen atoms in total. The van der Waals surface area contributed by atoms with Gasteiger partial charge in [-0.2, -0.15) is 22.0 Å². The number of halogens is 6. The topological polar surface area (TPSA) is 12.0 Å². The van der Waals surface area contributed by atoms with Gasteiger partial charge in [-0.05, 0) is 30.7 Å². The van der Waals surface area contributed by atoms with Crippen LogP contribution in [0.25, 0.3) is 0 Å². The van der Waals surface area contributed by atoms with Gasteiger partial charge in [0.05, 0.1) is 0 Å². The lowest BCUT2D eigenvalue weighted by Gasteiger charge is -2.18. The van der Waals surface area contributed by atoms with Gasteiger partial charge in [0.2, 0.25) is 0 Å². The van der Waals surface area contributed by atoms with E-state index < -0.39 is 11.4 Å². The lowest BCUT2D eigenvalue weighted by molar-refractivity contribution is -0.237. The third-order valence-electron chi connectivity index (χ3n) is 2.33. The van der Waals surface area contributed by atoms with Crippen LogP contribution in [-0.4, -0.2) is 23.7 Å². The average molecular weight is 334 g/mol. The highest BCUT2D eigenvalue weighted by Crippen LogP contribution is 2.44. The van der Waals surface area contributed by atoms with Crippen LogP contribution < -0.4 is 5.32 Å². The summed E-state index contributed by atoms with van der Waals surface area (Å²) in [6.45, 7) is 0.842. The highest BCUT2D eigenvalue weighted by molar-refractivity contribution is 8.00. The van der Waals surface area contributed by atoms with E-state index in [1.165, 1.54) is 0 Å². The van der Waals surface area contributed by atoms with Gasteiger partial charge >= 0.3 is 11.4 Å². The molecule has 0 saturated heterocycles. The quantitative estimate of drug-likeness (QED) is 0.573. The summed E-state index contributed by atoms with van der Waals surface area (Å²) in [6, 6.07) is 7.09. The lowest BCUT2D eigenvalue weighted by atomic mass is 10.2. The summed E-state index contributed by atoms with van der Waals surface area (Å²) in [7, 11) is 0. The molecule has 0 aliphatic rings. The normalized spacial score (nSPS) is 12.7. The molecule has 1 aromatic carbocycles. The van der Waals surface area contributed by atoms with E-state index in [0.717, 1.165) is 5.56 Å². The van der Waals surface area contributed by atoms with Gasteiger partial charge in [0, 0.05) is 17.3 Å². The Hall–Kier alpha value is -0.530. The summed E-state index contributed by atoms with van der Waals surface area (Å²) in [5.74, 6) is -0.269. The van der Waals surface area contributed by atoms with Crippen LogP contribution in [0.3, 0.4) is 0 Å². The van der Waals surface area contributed by atoms with Gasteiger partial charge in [0.1, 0.15) is 0 Å². The van der Waals surface area contributed by atoms with Crippen LogP contribution >= 0.6 is 23.4 Å². The summed E-state index contributed by atoms with van der Waals surface area (Å²) in [6.07, 6.45) is -5.28. The van der Waals surface area contributed by atoms with Crippen molar-refractivity contribution in [1.82, 2.24) is 5.32 Å². The van der Waals surface area contributed by atoms with Gasteiger partial charge in [0.25, 0.3) is 0 Å². The molecule has 0 fully saturated rings. The summed E-state index contributed by atoms with van der Waals surface area (Å²) in [4.78, 5) is 0. The van der Waals surface area contributed by atoms with Crippen molar-refractivity contribution in [1.29, 1.82) is 0 Å². The van der Waals surface area contributed by atoms with Crippen molar-refractivity contribution in [3.05, 3.63) is 34.9 Å². The smallest absolute Gasteiger partial charge is 0.313 e. The Balaban J connectivity index is 2.17. The second kappa shape index (κ2) is 7.47. The van der Waals surface area contributed by atoms with Crippen molar-refractivity contribution in [3.63, 3.8) is 0 Å². The Morgan fingerprint density at radius 2 is 1.85 bits per heavy atom. The van der Waals surface area contributed by atoms with Gasteiger partial charge in [-0.25, -0.2) is 0 Å². The number of nitrogens with one attached hydrogen (secondary N) is 1. The predicted molar refractivity (Wildman–Crippen MR) is 71.2 cm³/mol. The monoisotopic (exact) mass is 333 g/mol. The summed E-state index contributed by atoms with van der Waals surface area (Å²) in [5.41, 5.74) is 0.922. The van der Waals surface area contributed by atoms with Crippen molar-refractivity contribution >= 4 is 23.4 Å². The van der Waals surface area contributed by atoms with E-state index >= 15 is 0 Å². The van der Waals surface area contributed by atoms with Gasteiger partial charge in [-0.15, -0.1) is 0 Å². The number of benzene rings is 1. The first kappa shape index (κ1) is 17.5. The first-order valence-corrected chi connectivity index (χ1v) is 7.12. The van der Waals surface area contributed by atoms with Crippen LogP contribution in [0.2, 0.25) is 5.02 Å². The Morgan fingerprint density at radius 1 is 1.15 bits per heavy atom. The van der Waals surface area contributed by atoms with E-state index in [1.807, 2.05) is 6.07 Å². The van der Waals surface area contributed by atoms with Crippen molar-refractivity contribution in [2.45, 2.75) is 24.4 Å². The third-order valence-corrected chi connectivity index (χ3v) is 3.65. The van der Waals surface area contributed by atoms with Crippen LogP contribution in [0, 0.1) is 0 Å². The maximum absolute atomic E-state index is 12.6. The fourth-order valence-electron chi connectivity index (χ4n) is 1.36. The molecule has 8 heteroatoms. The van der Waals surface area contributed by atoms with E-state index in [0.29, 0.717) is 18.1 Å². The molecule has 0 radical (unpaired) electrons. The predicted octanol–water partition coefficient (Wildman–Crippen LogP) is 4.71. The maximum Gasteiger partial charge on any atom is 0.464 e. The fraction of sp³-hybridized carbons (Fsp3) is 0.500. The van der Waals surface area contributed by atoms with Gasteiger partial charge in [-0.3, -0.25) is 0 Å². The molecule has 0 aromatic heterocycles. The average Bonchev–Trinajstić information content (AvgIpc) is 2.32. The van der Waals surface area contributed by atoms with Crippen molar-refractivity contribution in [3.8, 4) is 0 Å². The molecule has 0 aliphatic carbocycles. The second-order valence-electron chi connectivity index (χ2n) is 4.02. The number of rotatable bonds is 7. The van der Waals surface area contributed by atoms with Gasteiger partial charge < -0.3 is 5.32 Å². The third kappa shape index (κ3) is 5.85. The number of thioether (sulfide) groups is 1. The van der Waals surface area contributed by atoms with Crippen molar-refractivity contribution in [2.24, 2.45) is 0 Å². The molecule has 0 atom stereocenters. The minimum atomic E-state index is -5.49. The summed E-state index contributed by atoms with van der Waals surface area (Å²) in [5, 5.41) is -1.14. The van der Waals surface area contributed by atoms with E-state index in [2.05, 4.69) is 5.32 Å². The second-order valence-corrected chi connectivity index (χ2v) is 5.67. The molecular weight excluding hydrogens is 321 g/mol. The lowest BCUT2D eigenvalue weighted by Crippen LogP contribution is -2.33. The van der Waals surface area contributed by atoms with Gasteiger partial charge in [-0.1, -0.05) is 35.5 Å². The molecule has 0 spiro atoms. The van der Waals surface area contributed by atoms with Crippen LogP contribution in [0.4, 0.5) is 22.0 Å². The largest absolute Gasteiger partial charge is 0.464 e. The first-order valence-electron chi connectivity index (χ1n) is 5.76. The van der Waals surface area contributed by atoms with Crippen LogP contribution in [-0.2, 0) is 6.54 Å². The van der Waals surface area contributed by atoms with Crippen molar-refractivity contribution < 1.29 is 22.0 Å². The van der Waals surface area contributed by atoms with Crippen molar-refractivity contribution in [2.75, 3.05) is 12.3 Å². The Morgan fingerprint density at radius 3 is 2.45 bits per heavy atom. The minimum absolute atomic E-state index is 0.219. The van der Waals surface area contributed by atoms with E-state index in [4.69, 9.17) is 11.6 Å². The zero-order valence-corrected chi connectivity index (χ0v) is 11.9. The molecular formula is C12H13ClF5NS. The molecule has 0 heterocycles. The minimum Gasteiger partial charge on any atom is -0.313 e.